The molecule has 1 fully saturated rings. The number of carbonyl (C=O) groups excluding carboxylic acids is 2. The van der Waals surface area contributed by atoms with Gasteiger partial charge in [-0.15, -0.1) is 0 Å². The molecule has 1 aliphatic rings. The lowest BCUT2D eigenvalue weighted by Gasteiger charge is -2.16. The average Bonchev–Trinajstić information content (AvgIpc) is 3.06. The molecule has 0 spiro atoms. The minimum absolute atomic E-state index is 0.0860. The third kappa shape index (κ3) is 3.65. The van der Waals surface area contributed by atoms with Gasteiger partial charge < -0.3 is 10.2 Å². The zero-order valence-electron chi connectivity index (χ0n) is 13.9. The van der Waals surface area contributed by atoms with Gasteiger partial charge in [0.1, 0.15) is 0 Å². The molecule has 2 amide bonds. The Morgan fingerprint density at radius 2 is 1.83 bits per heavy atom. The van der Waals surface area contributed by atoms with Crippen molar-refractivity contribution in [1.82, 2.24) is 5.32 Å². The Hall–Kier alpha value is -2.62. The Bertz CT molecular complexity index is 710. The topological polar surface area (TPSA) is 49.4 Å². The quantitative estimate of drug-likeness (QED) is 0.918. The molecule has 1 heterocycles. The number of rotatable bonds is 5. The smallest absolute Gasteiger partial charge is 0.251 e. The third-order valence-corrected chi connectivity index (χ3v) is 4.45. The van der Waals surface area contributed by atoms with E-state index in [1.807, 2.05) is 30.3 Å². The summed E-state index contributed by atoms with van der Waals surface area (Å²) in [5.74, 6) is 0.331. The van der Waals surface area contributed by atoms with Crippen LogP contribution in [-0.4, -0.2) is 24.9 Å². The van der Waals surface area contributed by atoms with Gasteiger partial charge in [-0.25, -0.2) is 0 Å². The molecule has 124 valence electrons. The minimum Gasteiger partial charge on any atom is -0.351 e. The van der Waals surface area contributed by atoms with Crippen LogP contribution in [0.2, 0.25) is 0 Å². The molecule has 0 aromatic heterocycles. The van der Waals surface area contributed by atoms with Crippen LogP contribution in [0.25, 0.3) is 0 Å². The molecule has 1 aliphatic heterocycles. The predicted octanol–water partition coefficient (Wildman–Crippen LogP) is 3.35. The highest BCUT2D eigenvalue weighted by Crippen LogP contribution is 2.21. The molecular weight excluding hydrogens is 300 g/mol. The van der Waals surface area contributed by atoms with Crippen molar-refractivity contribution in [3.05, 3.63) is 65.7 Å². The van der Waals surface area contributed by atoms with Gasteiger partial charge >= 0.3 is 0 Å². The fourth-order valence-corrected chi connectivity index (χ4v) is 2.96. The second-order valence-electron chi connectivity index (χ2n) is 6.22. The zero-order chi connectivity index (χ0) is 16.9. The first kappa shape index (κ1) is 16.2. The molecule has 1 unspecified atom stereocenters. The Labute approximate surface area is 142 Å². The summed E-state index contributed by atoms with van der Waals surface area (Å²) in [6.07, 6.45) is 1.51. The normalized spacial score (nSPS) is 15.4. The molecule has 2 aromatic carbocycles. The number of nitrogens with zero attached hydrogens (tertiary/aromatic N) is 1. The van der Waals surface area contributed by atoms with Crippen molar-refractivity contribution in [2.24, 2.45) is 0 Å². The van der Waals surface area contributed by atoms with Gasteiger partial charge in [-0.1, -0.05) is 37.3 Å². The molecule has 1 saturated heterocycles. The van der Waals surface area contributed by atoms with Gasteiger partial charge in [0.2, 0.25) is 5.91 Å². The average molecular weight is 322 g/mol. The monoisotopic (exact) mass is 322 g/mol. The molecule has 1 atom stereocenters. The highest BCUT2D eigenvalue weighted by Gasteiger charge is 2.21. The molecule has 0 aliphatic carbocycles. The van der Waals surface area contributed by atoms with Crippen LogP contribution in [0.1, 0.15) is 41.6 Å². The summed E-state index contributed by atoms with van der Waals surface area (Å²) in [5.41, 5.74) is 2.69. The van der Waals surface area contributed by atoms with Gasteiger partial charge in [-0.3, -0.25) is 9.59 Å². The van der Waals surface area contributed by atoms with E-state index < -0.39 is 0 Å². The first-order valence-electron chi connectivity index (χ1n) is 8.39. The van der Waals surface area contributed by atoms with Crippen molar-refractivity contribution in [1.29, 1.82) is 0 Å². The van der Waals surface area contributed by atoms with Crippen LogP contribution >= 0.6 is 0 Å². The van der Waals surface area contributed by atoms with Gasteiger partial charge in [0.25, 0.3) is 5.91 Å². The Balaban J connectivity index is 1.58. The largest absolute Gasteiger partial charge is 0.351 e. The van der Waals surface area contributed by atoms with E-state index in [1.165, 1.54) is 5.56 Å². The molecule has 4 nitrogen and oxygen atoms in total. The summed E-state index contributed by atoms with van der Waals surface area (Å²) in [4.78, 5) is 25.8. The van der Waals surface area contributed by atoms with Crippen molar-refractivity contribution >= 4 is 17.5 Å². The molecule has 0 radical (unpaired) electrons. The van der Waals surface area contributed by atoms with Crippen molar-refractivity contribution in [3.63, 3.8) is 0 Å². The number of amides is 2. The van der Waals surface area contributed by atoms with Crippen LogP contribution in [0.4, 0.5) is 5.69 Å². The summed E-state index contributed by atoms with van der Waals surface area (Å²) in [7, 11) is 0. The first-order valence-corrected chi connectivity index (χ1v) is 8.39. The highest BCUT2D eigenvalue weighted by atomic mass is 16.2. The van der Waals surface area contributed by atoms with Crippen LogP contribution in [0, 0.1) is 0 Å². The standard InChI is InChI=1S/C20H22N2O2/c1-15(16-6-3-2-4-7-16)14-21-20(24)17-9-11-18(12-10-17)22-13-5-8-19(22)23/h2-4,6-7,9-12,15H,5,8,13-14H2,1H3,(H,21,24). The lowest BCUT2D eigenvalue weighted by Crippen LogP contribution is -2.28. The van der Waals surface area contributed by atoms with Crippen LogP contribution in [0.3, 0.4) is 0 Å². The van der Waals surface area contributed by atoms with E-state index in [4.69, 9.17) is 0 Å². The van der Waals surface area contributed by atoms with E-state index in [0.717, 1.165) is 18.7 Å². The van der Waals surface area contributed by atoms with Crippen LogP contribution < -0.4 is 10.2 Å². The summed E-state index contributed by atoms with van der Waals surface area (Å²) < 4.78 is 0. The lowest BCUT2D eigenvalue weighted by molar-refractivity contribution is -0.117. The van der Waals surface area contributed by atoms with E-state index in [-0.39, 0.29) is 17.7 Å². The number of hydrogen-bond donors (Lipinski definition) is 1. The van der Waals surface area contributed by atoms with Crippen LogP contribution in [-0.2, 0) is 4.79 Å². The number of nitrogens with one attached hydrogen (secondary N) is 1. The molecular formula is C20H22N2O2. The van der Waals surface area contributed by atoms with Gasteiger partial charge in [0.15, 0.2) is 0 Å². The summed E-state index contributed by atoms with van der Waals surface area (Å²) >= 11 is 0. The minimum atomic E-state index is -0.0860. The van der Waals surface area contributed by atoms with Crippen LogP contribution in [0.5, 0.6) is 0 Å². The van der Waals surface area contributed by atoms with Crippen molar-refractivity contribution in [2.45, 2.75) is 25.7 Å². The Kier molecular flexibility index (Phi) is 4.94. The molecule has 0 saturated carbocycles. The third-order valence-electron chi connectivity index (χ3n) is 4.45. The first-order chi connectivity index (χ1) is 11.6. The van der Waals surface area contributed by atoms with E-state index >= 15 is 0 Å². The summed E-state index contributed by atoms with van der Waals surface area (Å²) in [5, 5.41) is 2.98. The second-order valence-corrected chi connectivity index (χ2v) is 6.22. The molecule has 2 aromatic rings. The van der Waals surface area contributed by atoms with Crippen molar-refractivity contribution in [3.8, 4) is 0 Å². The number of carbonyl (C=O) groups is 2. The maximum Gasteiger partial charge on any atom is 0.251 e. The predicted molar refractivity (Wildman–Crippen MR) is 95.2 cm³/mol. The number of benzene rings is 2. The van der Waals surface area contributed by atoms with Crippen molar-refractivity contribution in [2.75, 3.05) is 18.0 Å². The molecule has 3 rings (SSSR count). The fourth-order valence-electron chi connectivity index (χ4n) is 2.96. The second kappa shape index (κ2) is 7.30. The van der Waals surface area contributed by atoms with Gasteiger partial charge in [0.05, 0.1) is 0 Å². The van der Waals surface area contributed by atoms with Gasteiger partial charge in [-0.05, 0) is 42.2 Å². The van der Waals surface area contributed by atoms with Crippen molar-refractivity contribution < 1.29 is 9.59 Å². The molecule has 1 N–H and O–H groups in total. The van der Waals surface area contributed by atoms with Gasteiger partial charge in [0, 0.05) is 30.8 Å². The SMILES string of the molecule is CC(CNC(=O)c1ccc(N2CCCC2=O)cc1)c1ccccc1. The Morgan fingerprint density at radius 3 is 2.46 bits per heavy atom. The molecule has 4 heteroatoms. The maximum atomic E-state index is 12.3. The Morgan fingerprint density at radius 1 is 1.12 bits per heavy atom. The fraction of sp³-hybridized carbons (Fsp3) is 0.300. The zero-order valence-corrected chi connectivity index (χ0v) is 13.9. The van der Waals surface area contributed by atoms with E-state index in [0.29, 0.717) is 18.5 Å². The maximum absolute atomic E-state index is 12.3. The van der Waals surface area contributed by atoms with Gasteiger partial charge in [-0.2, -0.15) is 0 Å². The molecule has 0 bridgehead atoms. The number of anilines is 1. The van der Waals surface area contributed by atoms with E-state index in [2.05, 4.69) is 24.4 Å². The lowest BCUT2D eigenvalue weighted by atomic mass is 10.0. The van der Waals surface area contributed by atoms with E-state index in [9.17, 15) is 9.59 Å². The summed E-state index contributed by atoms with van der Waals surface area (Å²) in [6.45, 7) is 3.45. The number of hydrogen-bond acceptors (Lipinski definition) is 2. The highest BCUT2D eigenvalue weighted by molar-refractivity contribution is 5.97. The summed E-state index contributed by atoms with van der Waals surface area (Å²) in [6, 6.07) is 17.4. The van der Waals surface area contributed by atoms with Crippen LogP contribution in [0.15, 0.2) is 54.6 Å². The molecule has 24 heavy (non-hydrogen) atoms. The van der Waals surface area contributed by atoms with E-state index in [1.54, 1.807) is 17.0 Å².